The molecule has 18 heavy (non-hydrogen) atoms. The first-order valence-corrected chi connectivity index (χ1v) is 6.04. The van der Waals surface area contributed by atoms with Gasteiger partial charge in [-0.1, -0.05) is 29.8 Å². The van der Waals surface area contributed by atoms with Crippen molar-refractivity contribution in [2.45, 2.75) is 19.4 Å². The molecular formula is C15H14ClFO. The van der Waals surface area contributed by atoms with E-state index in [0.29, 0.717) is 16.1 Å². The third kappa shape index (κ3) is 2.40. The monoisotopic (exact) mass is 264 g/mol. The van der Waals surface area contributed by atoms with Crippen LogP contribution in [0.1, 0.15) is 23.6 Å². The SMILES string of the molecule is Cc1ccc(F)cc1C(C)(O)c1cccc(Cl)c1. The van der Waals surface area contributed by atoms with Gasteiger partial charge in [-0.2, -0.15) is 0 Å². The quantitative estimate of drug-likeness (QED) is 0.868. The summed E-state index contributed by atoms with van der Waals surface area (Å²) in [5, 5.41) is 11.2. The van der Waals surface area contributed by atoms with Crippen LogP contribution in [-0.4, -0.2) is 5.11 Å². The molecule has 1 atom stereocenters. The number of aryl methyl sites for hydroxylation is 1. The Kier molecular flexibility index (Phi) is 3.42. The summed E-state index contributed by atoms with van der Waals surface area (Å²) < 4.78 is 13.3. The van der Waals surface area contributed by atoms with Crippen LogP contribution in [0.3, 0.4) is 0 Å². The van der Waals surface area contributed by atoms with Crippen molar-refractivity contribution in [2.24, 2.45) is 0 Å². The predicted molar refractivity (Wildman–Crippen MR) is 71.3 cm³/mol. The molecule has 0 fully saturated rings. The molecule has 0 heterocycles. The highest BCUT2D eigenvalue weighted by atomic mass is 35.5. The minimum absolute atomic E-state index is 0.363. The van der Waals surface area contributed by atoms with Crippen LogP contribution in [0.2, 0.25) is 5.02 Å². The summed E-state index contributed by atoms with van der Waals surface area (Å²) >= 11 is 5.92. The van der Waals surface area contributed by atoms with E-state index in [-0.39, 0.29) is 5.82 Å². The normalized spacial score (nSPS) is 14.3. The molecule has 94 valence electrons. The molecule has 1 nitrogen and oxygen atoms in total. The summed E-state index contributed by atoms with van der Waals surface area (Å²) in [5.74, 6) is -0.363. The Morgan fingerprint density at radius 3 is 2.56 bits per heavy atom. The first kappa shape index (κ1) is 13.1. The zero-order valence-electron chi connectivity index (χ0n) is 10.2. The third-order valence-electron chi connectivity index (χ3n) is 3.11. The van der Waals surface area contributed by atoms with Crippen LogP contribution < -0.4 is 0 Å². The fourth-order valence-electron chi connectivity index (χ4n) is 2.07. The van der Waals surface area contributed by atoms with Crippen molar-refractivity contribution < 1.29 is 9.50 Å². The lowest BCUT2D eigenvalue weighted by atomic mass is 9.85. The van der Waals surface area contributed by atoms with Gasteiger partial charge >= 0.3 is 0 Å². The summed E-state index contributed by atoms with van der Waals surface area (Å²) in [7, 11) is 0. The summed E-state index contributed by atoms with van der Waals surface area (Å²) in [6.45, 7) is 3.48. The molecule has 1 N–H and O–H groups in total. The summed E-state index contributed by atoms with van der Waals surface area (Å²) in [5.41, 5.74) is 0.756. The second-order valence-corrected chi connectivity index (χ2v) is 4.98. The molecule has 2 rings (SSSR count). The Bertz CT molecular complexity index is 578. The van der Waals surface area contributed by atoms with E-state index >= 15 is 0 Å². The van der Waals surface area contributed by atoms with Crippen LogP contribution in [0, 0.1) is 12.7 Å². The van der Waals surface area contributed by atoms with Gasteiger partial charge in [0.15, 0.2) is 0 Å². The Labute approximate surface area is 111 Å². The maximum absolute atomic E-state index is 13.3. The molecular weight excluding hydrogens is 251 g/mol. The van der Waals surface area contributed by atoms with Crippen molar-refractivity contribution in [3.63, 3.8) is 0 Å². The zero-order chi connectivity index (χ0) is 13.3. The molecule has 0 saturated carbocycles. The van der Waals surface area contributed by atoms with Crippen LogP contribution >= 0.6 is 11.6 Å². The summed E-state index contributed by atoms with van der Waals surface area (Å²) in [4.78, 5) is 0. The van der Waals surface area contributed by atoms with Gasteiger partial charge in [0.2, 0.25) is 0 Å². The van der Waals surface area contributed by atoms with E-state index in [2.05, 4.69) is 0 Å². The van der Waals surface area contributed by atoms with Crippen LogP contribution in [0.15, 0.2) is 42.5 Å². The van der Waals surface area contributed by atoms with Crippen molar-refractivity contribution in [3.05, 3.63) is 70.0 Å². The smallest absolute Gasteiger partial charge is 0.123 e. The third-order valence-corrected chi connectivity index (χ3v) is 3.35. The van der Waals surface area contributed by atoms with Crippen molar-refractivity contribution in [1.82, 2.24) is 0 Å². The van der Waals surface area contributed by atoms with Crippen LogP contribution in [-0.2, 0) is 5.60 Å². The number of hydrogen-bond donors (Lipinski definition) is 1. The molecule has 0 aliphatic rings. The maximum atomic E-state index is 13.3. The molecule has 0 aliphatic carbocycles. The highest BCUT2D eigenvalue weighted by molar-refractivity contribution is 6.30. The number of hydrogen-bond acceptors (Lipinski definition) is 1. The first-order chi connectivity index (χ1) is 8.41. The maximum Gasteiger partial charge on any atom is 0.123 e. The van der Waals surface area contributed by atoms with Gasteiger partial charge in [0, 0.05) is 5.02 Å². The average molecular weight is 265 g/mol. The number of benzene rings is 2. The van der Waals surface area contributed by atoms with Crippen LogP contribution in [0.25, 0.3) is 0 Å². The molecule has 3 heteroatoms. The molecule has 2 aromatic rings. The highest BCUT2D eigenvalue weighted by Gasteiger charge is 2.27. The molecule has 0 saturated heterocycles. The molecule has 0 aromatic heterocycles. The lowest BCUT2D eigenvalue weighted by Gasteiger charge is -2.26. The molecule has 1 unspecified atom stereocenters. The standard InChI is InChI=1S/C15H14ClFO/c1-10-6-7-13(17)9-14(10)15(2,18)11-4-3-5-12(16)8-11/h3-9,18H,1-2H3. The molecule has 0 spiro atoms. The number of rotatable bonds is 2. The molecule has 0 bridgehead atoms. The lowest BCUT2D eigenvalue weighted by Crippen LogP contribution is -2.24. The van der Waals surface area contributed by atoms with Crippen molar-refractivity contribution in [2.75, 3.05) is 0 Å². The van der Waals surface area contributed by atoms with E-state index in [1.807, 2.05) is 6.92 Å². The van der Waals surface area contributed by atoms with Gasteiger partial charge in [-0.3, -0.25) is 0 Å². The van der Waals surface area contributed by atoms with Gasteiger partial charge in [0.1, 0.15) is 11.4 Å². The average Bonchev–Trinajstić information content (AvgIpc) is 2.32. The molecule has 0 radical (unpaired) electrons. The molecule has 0 aliphatic heterocycles. The van der Waals surface area contributed by atoms with Gasteiger partial charge in [-0.05, 0) is 54.8 Å². The van der Waals surface area contributed by atoms with Crippen molar-refractivity contribution in [1.29, 1.82) is 0 Å². The summed E-state index contributed by atoms with van der Waals surface area (Å²) in [6, 6.07) is 11.4. The zero-order valence-corrected chi connectivity index (χ0v) is 11.0. The fourth-order valence-corrected chi connectivity index (χ4v) is 2.26. The van der Waals surface area contributed by atoms with Crippen LogP contribution in [0.5, 0.6) is 0 Å². The van der Waals surface area contributed by atoms with Crippen LogP contribution in [0.4, 0.5) is 4.39 Å². The van der Waals surface area contributed by atoms with E-state index in [4.69, 9.17) is 11.6 Å². The van der Waals surface area contributed by atoms with Gasteiger partial charge in [0.05, 0.1) is 0 Å². The Hall–Kier alpha value is -1.38. The highest BCUT2D eigenvalue weighted by Crippen LogP contribution is 2.32. The van der Waals surface area contributed by atoms with Gasteiger partial charge < -0.3 is 5.11 Å². The Morgan fingerprint density at radius 1 is 1.17 bits per heavy atom. The van der Waals surface area contributed by atoms with Gasteiger partial charge in [0.25, 0.3) is 0 Å². The van der Waals surface area contributed by atoms with Gasteiger partial charge in [-0.15, -0.1) is 0 Å². The Morgan fingerprint density at radius 2 is 1.89 bits per heavy atom. The minimum atomic E-state index is -1.27. The second-order valence-electron chi connectivity index (χ2n) is 4.54. The van der Waals surface area contributed by atoms with Crippen molar-refractivity contribution in [3.8, 4) is 0 Å². The largest absolute Gasteiger partial charge is 0.381 e. The van der Waals surface area contributed by atoms with Gasteiger partial charge in [-0.25, -0.2) is 4.39 Å². The molecule has 2 aromatic carbocycles. The van der Waals surface area contributed by atoms with E-state index in [9.17, 15) is 9.50 Å². The van der Waals surface area contributed by atoms with E-state index in [1.165, 1.54) is 12.1 Å². The van der Waals surface area contributed by atoms with E-state index in [0.717, 1.165) is 5.56 Å². The van der Waals surface area contributed by atoms with E-state index in [1.54, 1.807) is 37.3 Å². The number of aliphatic hydroxyl groups is 1. The predicted octanol–water partition coefficient (Wildman–Crippen LogP) is 4.04. The lowest BCUT2D eigenvalue weighted by molar-refractivity contribution is 0.101. The number of halogens is 2. The summed E-state index contributed by atoms with van der Waals surface area (Å²) in [6.07, 6.45) is 0. The minimum Gasteiger partial charge on any atom is -0.381 e. The molecule has 0 amide bonds. The fraction of sp³-hybridized carbons (Fsp3) is 0.200. The van der Waals surface area contributed by atoms with E-state index < -0.39 is 5.60 Å². The van der Waals surface area contributed by atoms with Crippen molar-refractivity contribution >= 4 is 11.6 Å². The Balaban J connectivity index is 2.57. The topological polar surface area (TPSA) is 20.2 Å². The first-order valence-electron chi connectivity index (χ1n) is 5.66. The second kappa shape index (κ2) is 4.71.